The van der Waals surface area contributed by atoms with Gasteiger partial charge in [-0.25, -0.2) is 13.1 Å². The lowest BCUT2D eigenvalue weighted by molar-refractivity contribution is 0.587. The standard InChI is InChI=1S/C14H15NO2S/c1-15-18(16,17)14-10-6-5-9-13(14)11-12-7-3-2-4-8-12/h2-10,15H,11H2,1H3. The smallest absolute Gasteiger partial charge is 0.214 e. The molecular weight excluding hydrogens is 246 g/mol. The molecule has 0 aliphatic heterocycles. The van der Waals surface area contributed by atoms with Gasteiger partial charge in [-0.1, -0.05) is 48.5 Å². The molecule has 0 radical (unpaired) electrons. The van der Waals surface area contributed by atoms with Crippen molar-refractivity contribution in [1.29, 1.82) is 0 Å². The number of benzene rings is 2. The fraction of sp³-hybridized carbons (Fsp3) is 0.143. The van der Waals surface area contributed by atoms with Crippen molar-refractivity contribution in [3.05, 3.63) is 65.7 Å². The molecule has 2 aromatic carbocycles. The first-order chi connectivity index (χ1) is 8.63. The molecule has 4 heteroatoms. The van der Waals surface area contributed by atoms with Gasteiger partial charge in [-0.15, -0.1) is 0 Å². The molecule has 94 valence electrons. The van der Waals surface area contributed by atoms with Crippen molar-refractivity contribution in [3.8, 4) is 0 Å². The van der Waals surface area contributed by atoms with Gasteiger partial charge in [-0.3, -0.25) is 0 Å². The average molecular weight is 261 g/mol. The topological polar surface area (TPSA) is 46.2 Å². The van der Waals surface area contributed by atoms with E-state index in [1.807, 2.05) is 42.5 Å². The molecule has 0 aliphatic rings. The Kier molecular flexibility index (Phi) is 3.79. The van der Waals surface area contributed by atoms with Crippen molar-refractivity contribution in [1.82, 2.24) is 4.72 Å². The molecule has 0 heterocycles. The zero-order valence-corrected chi connectivity index (χ0v) is 10.9. The lowest BCUT2D eigenvalue weighted by Gasteiger charge is -2.09. The predicted molar refractivity (Wildman–Crippen MR) is 71.9 cm³/mol. The van der Waals surface area contributed by atoms with Gasteiger partial charge in [0.1, 0.15) is 0 Å². The summed E-state index contributed by atoms with van der Waals surface area (Å²) in [6.07, 6.45) is 0.609. The maximum Gasteiger partial charge on any atom is 0.240 e. The summed E-state index contributed by atoms with van der Waals surface area (Å²) in [7, 11) is -1.97. The summed E-state index contributed by atoms with van der Waals surface area (Å²) in [6, 6.07) is 16.9. The van der Waals surface area contributed by atoms with Crippen LogP contribution < -0.4 is 4.72 Å². The normalized spacial score (nSPS) is 11.4. The van der Waals surface area contributed by atoms with Crippen LogP contribution in [-0.4, -0.2) is 15.5 Å². The second-order valence-corrected chi connectivity index (χ2v) is 5.83. The summed E-state index contributed by atoms with van der Waals surface area (Å²) < 4.78 is 26.2. The third kappa shape index (κ3) is 2.78. The highest BCUT2D eigenvalue weighted by molar-refractivity contribution is 7.89. The minimum absolute atomic E-state index is 0.344. The van der Waals surface area contributed by atoms with E-state index in [1.165, 1.54) is 7.05 Å². The SMILES string of the molecule is CNS(=O)(=O)c1ccccc1Cc1ccccc1. The third-order valence-electron chi connectivity index (χ3n) is 2.77. The van der Waals surface area contributed by atoms with Gasteiger partial charge >= 0.3 is 0 Å². The first-order valence-corrected chi connectivity index (χ1v) is 7.17. The van der Waals surface area contributed by atoms with Gasteiger partial charge < -0.3 is 0 Å². The Hall–Kier alpha value is -1.65. The zero-order chi connectivity index (χ0) is 13.0. The summed E-state index contributed by atoms with van der Waals surface area (Å²) in [5.74, 6) is 0. The van der Waals surface area contributed by atoms with Crippen LogP contribution in [0.3, 0.4) is 0 Å². The van der Waals surface area contributed by atoms with E-state index in [0.717, 1.165) is 11.1 Å². The Morgan fingerprint density at radius 1 is 0.944 bits per heavy atom. The van der Waals surface area contributed by atoms with E-state index in [-0.39, 0.29) is 0 Å². The molecule has 0 unspecified atom stereocenters. The Balaban J connectivity index is 2.41. The van der Waals surface area contributed by atoms with Gasteiger partial charge in [0.2, 0.25) is 10.0 Å². The fourth-order valence-electron chi connectivity index (χ4n) is 1.84. The zero-order valence-electron chi connectivity index (χ0n) is 10.1. The summed E-state index contributed by atoms with van der Waals surface area (Å²) >= 11 is 0. The van der Waals surface area contributed by atoms with Crippen LogP contribution in [0.4, 0.5) is 0 Å². The van der Waals surface area contributed by atoms with E-state index in [2.05, 4.69) is 4.72 Å². The molecule has 0 spiro atoms. The van der Waals surface area contributed by atoms with Crippen LogP contribution in [-0.2, 0) is 16.4 Å². The second kappa shape index (κ2) is 5.33. The fourth-order valence-corrected chi connectivity index (χ4v) is 2.80. The van der Waals surface area contributed by atoms with Crippen molar-refractivity contribution in [3.63, 3.8) is 0 Å². The van der Waals surface area contributed by atoms with E-state index in [1.54, 1.807) is 12.1 Å². The van der Waals surface area contributed by atoms with Crippen LogP contribution in [0.1, 0.15) is 11.1 Å². The molecule has 2 aromatic rings. The van der Waals surface area contributed by atoms with E-state index in [0.29, 0.717) is 11.3 Å². The molecule has 18 heavy (non-hydrogen) atoms. The predicted octanol–water partition coefficient (Wildman–Crippen LogP) is 2.19. The number of sulfonamides is 1. The maximum absolute atomic E-state index is 11.9. The van der Waals surface area contributed by atoms with Gasteiger partial charge in [0, 0.05) is 0 Å². The maximum atomic E-state index is 11.9. The van der Waals surface area contributed by atoms with Crippen molar-refractivity contribution < 1.29 is 8.42 Å². The Bertz CT molecular complexity index is 621. The van der Waals surface area contributed by atoms with Crippen LogP contribution in [0, 0.1) is 0 Å². The molecule has 0 bridgehead atoms. The molecule has 1 N–H and O–H groups in total. The minimum atomic E-state index is -3.40. The van der Waals surface area contributed by atoms with Gasteiger partial charge in [-0.2, -0.15) is 0 Å². The molecule has 2 rings (SSSR count). The molecule has 0 aliphatic carbocycles. The summed E-state index contributed by atoms with van der Waals surface area (Å²) in [4.78, 5) is 0.344. The largest absolute Gasteiger partial charge is 0.240 e. The molecule has 0 fully saturated rings. The summed E-state index contributed by atoms with van der Waals surface area (Å²) in [5.41, 5.74) is 1.90. The minimum Gasteiger partial charge on any atom is -0.214 e. The molecule has 0 amide bonds. The van der Waals surface area contributed by atoms with Crippen LogP contribution in [0.25, 0.3) is 0 Å². The van der Waals surface area contributed by atoms with Gasteiger partial charge in [0.15, 0.2) is 0 Å². The Labute approximate surface area is 108 Å². The third-order valence-corrected chi connectivity index (χ3v) is 4.28. The highest BCUT2D eigenvalue weighted by Gasteiger charge is 2.15. The van der Waals surface area contributed by atoms with Gasteiger partial charge in [-0.05, 0) is 30.7 Å². The van der Waals surface area contributed by atoms with Crippen molar-refractivity contribution >= 4 is 10.0 Å². The monoisotopic (exact) mass is 261 g/mol. The Morgan fingerprint density at radius 2 is 1.56 bits per heavy atom. The van der Waals surface area contributed by atoms with Crippen LogP contribution in [0.5, 0.6) is 0 Å². The number of hydrogen-bond donors (Lipinski definition) is 1. The molecule has 0 saturated carbocycles. The summed E-state index contributed by atoms with van der Waals surface area (Å²) in [5, 5.41) is 0. The van der Waals surface area contributed by atoms with Crippen molar-refractivity contribution in [2.45, 2.75) is 11.3 Å². The average Bonchev–Trinajstić information content (AvgIpc) is 2.40. The first kappa shape index (κ1) is 12.8. The second-order valence-electron chi connectivity index (χ2n) is 3.98. The molecular formula is C14H15NO2S. The van der Waals surface area contributed by atoms with Gasteiger partial charge in [0.25, 0.3) is 0 Å². The van der Waals surface area contributed by atoms with E-state index in [4.69, 9.17) is 0 Å². The van der Waals surface area contributed by atoms with E-state index < -0.39 is 10.0 Å². The Morgan fingerprint density at radius 3 is 2.22 bits per heavy atom. The van der Waals surface area contributed by atoms with Gasteiger partial charge in [0.05, 0.1) is 4.90 Å². The molecule has 0 saturated heterocycles. The number of hydrogen-bond acceptors (Lipinski definition) is 2. The van der Waals surface area contributed by atoms with E-state index >= 15 is 0 Å². The van der Waals surface area contributed by atoms with Crippen molar-refractivity contribution in [2.24, 2.45) is 0 Å². The quantitative estimate of drug-likeness (QED) is 0.917. The number of rotatable bonds is 4. The molecule has 3 nitrogen and oxygen atoms in total. The van der Waals surface area contributed by atoms with E-state index in [9.17, 15) is 8.42 Å². The highest BCUT2D eigenvalue weighted by Crippen LogP contribution is 2.18. The van der Waals surface area contributed by atoms with Crippen LogP contribution >= 0.6 is 0 Å². The van der Waals surface area contributed by atoms with Crippen molar-refractivity contribution in [2.75, 3.05) is 7.05 Å². The highest BCUT2D eigenvalue weighted by atomic mass is 32.2. The van der Waals surface area contributed by atoms with Crippen LogP contribution in [0.15, 0.2) is 59.5 Å². The lowest BCUT2D eigenvalue weighted by atomic mass is 10.1. The number of nitrogens with one attached hydrogen (secondary N) is 1. The molecule has 0 atom stereocenters. The summed E-state index contributed by atoms with van der Waals surface area (Å²) in [6.45, 7) is 0. The van der Waals surface area contributed by atoms with Crippen LogP contribution in [0.2, 0.25) is 0 Å². The lowest BCUT2D eigenvalue weighted by Crippen LogP contribution is -2.20. The molecule has 0 aromatic heterocycles. The first-order valence-electron chi connectivity index (χ1n) is 5.69.